The number of likely N-dealkylation sites (tertiary alicyclic amines) is 1. The summed E-state index contributed by atoms with van der Waals surface area (Å²) in [6.45, 7) is 2.72. The van der Waals surface area contributed by atoms with Crippen molar-refractivity contribution in [3.63, 3.8) is 0 Å². The summed E-state index contributed by atoms with van der Waals surface area (Å²) in [4.78, 5) is 29.0. The third-order valence-electron chi connectivity index (χ3n) is 7.19. The first kappa shape index (κ1) is 30.6. The number of carboxylic acid groups (broad SMARTS) is 1. The van der Waals surface area contributed by atoms with Crippen LogP contribution in [0, 0.1) is 0 Å². The number of halogens is 6. The first-order chi connectivity index (χ1) is 20.8. The van der Waals surface area contributed by atoms with Crippen molar-refractivity contribution in [3.05, 3.63) is 94.8 Å². The Morgan fingerprint density at radius 3 is 2.25 bits per heavy atom. The summed E-state index contributed by atoms with van der Waals surface area (Å²) < 4.78 is 89.4. The Balaban J connectivity index is 1.45. The minimum Gasteiger partial charge on any atom is -0.488 e. The van der Waals surface area contributed by atoms with E-state index >= 15 is 0 Å². The molecule has 44 heavy (non-hydrogen) atoms. The first-order valence-electron chi connectivity index (χ1n) is 13.3. The number of hydrogen-bond acceptors (Lipinski definition) is 5. The number of hydrogen-bond donors (Lipinski definition) is 1. The van der Waals surface area contributed by atoms with Gasteiger partial charge in [-0.1, -0.05) is 43.3 Å². The number of carbonyl (C=O) groups is 2. The molecule has 0 aliphatic carbocycles. The van der Waals surface area contributed by atoms with E-state index in [9.17, 15) is 41.0 Å². The number of amides is 1. The van der Waals surface area contributed by atoms with Crippen LogP contribution in [0.3, 0.4) is 0 Å². The third-order valence-corrected chi connectivity index (χ3v) is 7.19. The van der Waals surface area contributed by atoms with E-state index in [2.05, 4.69) is 10.1 Å². The Labute approximate surface area is 246 Å². The molecule has 8 nitrogen and oxygen atoms in total. The van der Waals surface area contributed by atoms with Gasteiger partial charge < -0.3 is 14.7 Å². The maximum atomic E-state index is 14.1. The summed E-state index contributed by atoms with van der Waals surface area (Å²) in [5, 5.41) is 12.7. The molecule has 0 saturated carbocycles. The Morgan fingerprint density at radius 1 is 0.955 bits per heavy atom. The topological polar surface area (TPSA) is 97.6 Å². The lowest BCUT2D eigenvalue weighted by atomic mass is 9.90. The van der Waals surface area contributed by atoms with Gasteiger partial charge in [0.15, 0.2) is 11.5 Å². The largest absolute Gasteiger partial charge is 0.488 e. The molecule has 1 saturated heterocycles. The van der Waals surface area contributed by atoms with Gasteiger partial charge in [0.2, 0.25) is 5.91 Å². The second kappa shape index (κ2) is 11.7. The Morgan fingerprint density at radius 2 is 1.64 bits per heavy atom. The van der Waals surface area contributed by atoms with Crippen LogP contribution in [0.1, 0.15) is 52.0 Å². The zero-order valence-corrected chi connectivity index (χ0v) is 23.0. The van der Waals surface area contributed by atoms with Gasteiger partial charge in [0.1, 0.15) is 17.9 Å². The normalized spacial score (nSPS) is 13.9. The lowest BCUT2D eigenvalue weighted by molar-refractivity contribution is -0.143. The summed E-state index contributed by atoms with van der Waals surface area (Å²) in [6, 6.07) is 14.0. The van der Waals surface area contributed by atoms with Crippen molar-refractivity contribution in [3.8, 4) is 22.8 Å². The SMILES string of the molecule is CCC(=O)N1CC(c2ccc(COc3c(-c4cccc(-n5ncc(C(=O)O)c5C(F)(F)F)n4)cccc3C(F)(F)F)cc2)C1. The molecule has 4 aromatic rings. The number of aromatic nitrogens is 3. The van der Waals surface area contributed by atoms with Gasteiger partial charge in [-0.25, -0.2) is 14.5 Å². The molecule has 0 spiro atoms. The van der Waals surface area contributed by atoms with E-state index in [-0.39, 0.29) is 34.4 Å². The van der Waals surface area contributed by atoms with Crippen LogP contribution in [-0.4, -0.2) is 49.7 Å². The Hall–Kier alpha value is -4.88. The summed E-state index contributed by atoms with van der Waals surface area (Å²) in [5.41, 5.74) is -2.57. The zero-order chi connectivity index (χ0) is 31.8. The van der Waals surface area contributed by atoms with Crippen molar-refractivity contribution >= 4 is 11.9 Å². The van der Waals surface area contributed by atoms with Crippen molar-refractivity contribution in [1.82, 2.24) is 19.7 Å². The number of benzene rings is 2. The lowest BCUT2D eigenvalue weighted by Gasteiger charge is -2.39. The van der Waals surface area contributed by atoms with Gasteiger partial charge in [-0.2, -0.15) is 31.4 Å². The monoisotopic (exact) mass is 618 g/mol. The van der Waals surface area contributed by atoms with E-state index in [1.165, 1.54) is 18.2 Å². The van der Waals surface area contributed by atoms with Crippen LogP contribution in [-0.2, 0) is 23.8 Å². The van der Waals surface area contributed by atoms with E-state index in [4.69, 9.17) is 4.74 Å². The number of carboxylic acids is 1. The second-order valence-electron chi connectivity index (χ2n) is 10.1. The van der Waals surface area contributed by atoms with E-state index < -0.39 is 46.7 Å². The molecule has 1 aliphatic rings. The van der Waals surface area contributed by atoms with Gasteiger partial charge in [0.25, 0.3) is 0 Å². The number of aromatic carboxylic acids is 1. The predicted molar refractivity (Wildman–Crippen MR) is 144 cm³/mol. The zero-order valence-electron chi connectivity index (χ0n) is 23.0. The molecule has 1 aliphatic heterocycles. The molecular formula is C30H24F6N4O4. The molecule has 1 amide bonds. The minimum absolute atomic E-state index is 0.0702. The van der Waals surface area contributed by atoms with E-state index in [0.29, 0.717) is 31.3 Å². The van der Waals surface area contributed by atoms with Crippen LogP contribution in [0.4, 0.5) is 26.3 Å². The first-order valence-corrected chi connectivity index (χ1v) is 13.3. The second-order valence-corrected chi connectivity index (χ2v) is 10.1. The summed E-state index contributed by atoms with van der Waals surface area (Å²) in [6.07, 6.45) is -9.00. The van der Waals surface area contributed by atoms with Crippen molar-refractivity contribution in [2.45, 2.75) is 38.2 Å². The maximum Gasteiger partial charge on any atom is 0.434 e. The molecule has 2 aromatic heterocycles. The highest BCUT2D eigenvalue weighted by Gasteiger charge is 2.41. The number of pyridine rings is 1. The molecule has 5 rings (SSSR count). The number of carbonyl (C=O) groups excluding carboxylic acids is 1. The fourth-order valence-electron chi connectivity index (χ4n) is 4.92. The molecule has 0 radical (unpaired) electrons. The molecule has 1 fully saturated rings. The molecule has 14 heteroatoms. The van der Waals surface area contributed by atoms with E-state index in [0.717, 1.165) is 23.8 Å². The van der Waals surface area contributed by atoms with Crippen molar-refractivity contribution in [2.24, 2.45) is 0 Å². The van der Waals surface area contributed by atoms with E-state index in [1.807, 2.05) is 12.1 Å². The fourth-order valence-corrected chi connectivity index (χ4v) is 4.92. The van der Waals surface area contributed by atoms with Gasteiger partial charge in [-0.05, 0) is 35.4 Å². The van der Waals surface area contributed by atoms with Gasteiger partial charge in [-0.15, -0.1) is 0 Å². The smallest absolute Gasteiger partial charge is 0.434 e. The highest BCUT2D eigenvalue weighted by atomic mass is 19.4. The molecule has 1 N–H and O–H groups in total. The van der Waals surface area contributed by atoms with Crippen LogP contribution in [0.25, 0.3) is 17.1 Å². The number of ether oxygens (including phenoxy) is 1. The van der Waals surface area contributed by atoms with E-state index in [1.54, 1.807) is 24.0 Å². The number of nitrogens with zero attached hydrogens (tertiary/aromatic N) is 4. The van der Waals surface area contributed by atoms with Crippen molar-refractivity contribution in [2.75, 3.05) is 13.1 Å². The van der Waals surface area contributed by atoms with Gasteiger partial charge in [0, 0.05) is 31.0 Å². The standard InChI is InChI=1S/C30H24F6N4O4/c1-2-25(41)39-14-19(15-39)18-11-9-17(10-12-18)16-44-26-20(5-3-6-22(26)29(31,32)33)23-7-4-8-24(38-23)40-27(30(34,35)36)21(13-37-40)28(42)43/h3-13,19H,2,14-16H2,1H3,(H,42,43). The average molecular weight is 619 g/mol. The highest BCUT2D eigenvalue weighted by Crippen LogP contribution is 2.42. The van der Waals surface area contributed by atoms with Crippen LogP contribution >= 0.6 is 0 Å². The fraction of sp³-hybridized carbons (Fsp3) is 0.267. The molecule has 0 unspecified atom stereocenters. The van der Waals surface area contributed by atoms with Gasteiger partial charge in [0.05, 0.1) is 17.5 Å². The van der Waals surface area contributed by atoms with Crippen LogP contribution in [0.5, 0.6) is 5.75 Å². The van der Waals surface area contributed by atoms with Crippen LogP contribution < -0.4 is 4.74 Å². The molecule has 3 heterocycles. The average Bonchev–Trinajstić information content (AvgIpc) is 3.42. The Bertz CT molecular complexity index is 1690. The highest BCUT2D eigenvalue weighted by molar-refractivity contribution is 5.89. The number of alkyl halides is 6. The summed E-state index contributed by atoms with van der Waals surface area (Å²) in [7, 11) is 0. The molecular weight excluding hydrogens is 594 g/mol. The number of para-hydroxylation sites is 1. The van der Waals surface area contributed by atoms with Crippen molar-refractivity contribution < 1.29 is 45.8 Å². The Kier molecular flexibility index (Phi) is 8.10. The molecule has 230 valence electrons. The maximum absolute atomic E-state index is 14.1. The lowest BCUT2D eigenvalue weighted by Crippen LogP contribution is -2.48. The predicted octanol–water partition coefficient (Wildman–Crippen LogP) is 6.58. The quantitative estimate of drug-likeness (QED) is 0.224. The van der Waals surface area contributed by atoms with Gasteiger partial charge in [-0.3, -0.25) is 4.79 Å². The number of rotatable bonds is 8. The summed E-state index contributed by atoms with van der Waals surface area (Å²) in [5.74, 6) is -2.67. The molecule has 0 bridgehead atoms. The van der Waals surface area contributed by atoms with Crippen LogP contribution in [0.2, 0.25) is 0 Å². The van der Waals surface area contributed by atoms with Crippen LogP contribution in [0.15, 0.2) is 66.9 Å². The van der Waals surface area contributed by atoms with Crippen molar-refractivity contribution in [1.29, 1.82) is 0 Å². The molecule has 0 atom stereocenters. The minimum atomic E-state index is -5.12. The van der Waals surface area contributed by atoms with Gasteiger partial charge >= 0.3 is 18.3 Å². The third kappa shape index (κ3) is 6.10. The summed E-state index contributed by atoms with van der Waals surface area (Å²) >= 11 is 0. The molecule has 2 aromatic carbocycles.